The number of amides is 1. The number of rotatable bonds is 2. The number of nitrogens with zero attached hydrogens (tertiary/aromatic N) is 2. The van der Waals surface area contributed by atoms with Crippen molar-refractivity contribution in [2.75, 3.05) is 32.8 Å². The van der Waals surface area contributed by atoms with Gasteiger partial charge in [0.15, 0.2) is 0 Å². The van der Waals surface area contributed by atoms with Crippen molar-refractivity contribution in [3.63, 3.8) is 0 Å². The van der Waals surface area contributed by atoms with Gasteiger partial charge in [0.25, 0.3) is 0 Å². The largest absolute Gasteiger partial charge is 0.493 e. The number of hydrogen-bond donors (Lipinski definition) is 0. The molecule has 25 heavy (non-hydrogen) atoms. The topological polar surface area (TPSA) is 76.2 Å². The Kier molecular flexibility index (Phi) is 4.68. The molecule has 0 radical (unpaired) electrons. The van der Waals surface area contributed by atoms with Gasteiger partial charge in [-0.15, -0.1) is 0 Å². The quantitative estimate of drug-likeness (QED) is 0.796. The third-order valence-corrected chi connectivity index (χ3v) is 6.08. The summed E-state index contributed by atoms with van der Waals surface area (Å²) in [6.07, 6.45) is 0.324. The number of carbonyl (C=O) groups is 1. The lowest BCUT2D eigenvalue weighted by molar-refractivity contribution is 0.0192. The fourth-order valence-corrected chi connectivity index (χ4v) is 4.38. The maximum absolute atomic E-state index is 12.8. The minimum atomic E-state index is -3.57. The zero-order valence-electron chi connectivity index (χ0n) is 14.8. The highest BCUT2D eigenvalue weighted by atomic mass is 32.2. The van der Waals surface area contributed by atoms with Crippen LogP contribution in [0.1, 0.15) is 26.3 Å². The lowest BCUT2D eigenvalue weighted by atomic mass is 10.2. The SMILES string of the molecule is CC(C)(C)OC(=O)N1CCN(S(=O)(=O)c2ccc3c(c2)CCO3)CC1. The second kappa shape index (κ2) is 6.49. The van der Waals surface area contributed by atoms with Crippen molar-refractivity contribution in [2.45, 2.75) is 37.7 Å². The van der Waals surface area contributed by atoms with Crippen LogP contribution in [0.3, 0.4) is 0 Å². The number of hydrogen-bond acceptors (Lipinski definition) is 5. The van der Waals surface area contributed by atoms with E-state index in [1.165, 1.54) is 4.31 Å². The molecule has 2 aliphatic rings. The van der Waals surface area contributed by atoms with Gasteiger partial charge in [-0.25, -0.2) is 13.2 Å². The maximum atomic E-state index is 12.8. The van der Waals surface area contributed by atoms with Crippen LogP contribution in [0.15, 0.2) is 23.1 Å². The number of fused-ring (bicyclic) bond motifs is 1. The Balaban J connectivity index is 1.67. The Hall–Kier alpha value is -1.80. The maximum Gasteiger partial charge on any atom is 0.410 e. The van der Waals surface area contributed by atoms with Crippen molar-refractivity contribution in [1.29, 1.82) is 0 Å². The number of carbonyl (C=O) groups excluding carboxylic acids is 1. The predicted molar refractivity (Wildman–Crippen MR) is 92.2 cm³/mol. The first-order valence-electron chi connectivity index (χ1n) is 8.41. The molecule has 0 unspecified atom stereocenters. The summed E-state index contributed by atoms with van der Waals surface area (Å²) in [5.74, 6) is 0.758. The molecule has 3 rings (SSSR count). The fraction of sp³-hybridized carbons (Fsp3) is 0.588. The van der Waals surface area contributed by atoms with Gasteiger partial charge in [-0.3, -0.25) is 0 Å². The smallest absolute Gasteiger partial charge is 0.410 e. The molecular formula is C17H24N2O5S. The van der Waals surface area contributed by atoms with Gasteiger partial charge in [0, 0.05) is 32.6 Å². The number of sulfonamides is 1. The summed E-state index contributed by atoms with van der Waals surface area (Å²) < 4.78 is 37.9. The monoisotopic (exact) mass is 368 g/mol. The van der Waals surface area contributed by atoms with E-state index in [1.54, 1.807) is 23.1 Å². The van der Waals surface area contributed by atoms with Crippen molar-refractivity contribution in [3.05, 3.63) is 23.8 Å². The highest BCUT2D eigenvalue weighted by Crippen LogP contribution is 2.29. The average molecular weight is 368 g/mol. The van der Waals surface area contributed by atoms with Gasteiger partial charge in [0.1, 0.15) is 11.4 Å². The standard InChI is InChI=1S/C17H24N2O5S/c1-17(2,3)24-16(20)18-7-9-19(10-8-18)25(21,22)14-4-5-15-13(12-14)6-11-23-15/h4-5,12H,6-11H2,1-3H3. The number of ether oxygens (including phenoxy) is 2. The van der Waals surface area contributed by atoms with Crippen LogP contribution in [0.25, 0.3) is 0 Å². The molecule has 1 amide bonds. The minimum Gasteiger partial charge on any atom is -0.493 e. The second-order valence-electron chi connectivity index (χ2n) is 7.24. The summed E-state index contributed by atoms with van der Waals surface area (Å²) in [5, 5.41) is 0. The van der Waals surface area contributed by atoms with Crippen molar-refractivity contribution < 1.29 is 22.7 Å². The highest BCUT2D eigenvalue weighted by molar-refractivity contribution is 7.89. The molecule has 1 saturated heterocycles. The Morgan fingerprint density at radius 3 is 2.48 bits per heavy atom. The summed E-state index contributed by atoms with van der Waals surface area (Å²) in [7, 11) is -3.57. The van der Waals surface area contributed by atoms with Crippen molar-refractivity contribution in [2.24, 2.45) is 0 Å². The van der Waals surface area contributed by atoms with Gasteiger partial charge in [0.05, 0.1) is 11.5 Å². The van der Waals surface area contributed by atoms with Crippen LogP contribution in [-0.2, 0) is 21.2 Å². The summed E-state index contributed by atoms with van der Waals surface area (Å²) in [6.45, 7) is 7.18. The molecule has 0 saturated carbocycles. The first-order chi connectivity index (χ1) is 11.7. The zero-order chi connectivity index (χ0) is 18.2. The van der Waals surface area contributed by atoms with Gasteiger partial charge in [-0.05, 0) is 44.5 Å². The van der Waals surface area contributed by atoms with E-state index < -0.39 is 21.7 Å². The summed E-state index contributed by atoms with van der Waals surface area (Å²) in [5.41, 5.74) is 0.362. The third-order valence-electron chi connectivity index (χ3n) is 4.19. The lowest BCUT2D eigenvalue weighted by Gasteiger charge is -2.35. The third kappa shape index (κ3) is 3.90. The van der Waals surface area contributed by atoms with Crippen LogP contribution in [0.2, 0.25) is 0 Å². The van der Waals surface area contributed by atoms with Crippen LogP contribution in [-0.4, -0.2) is 62.1 Å². The molecule has 1 aromatic rings. The van der Waals surface area contributed by atoms with E-state index in [9.17, 15) is 13.2 Å². The molecule has 8 heteroatoms. The number of piperazine rings is 1. The van der Waals surface area contributed by atoms with Crippen LogP contribution in [0.5, 0.6) is 5.75 Å². The Labute approximate surface area is 148 Å². The van der Waals surface area contributed by atoms with Gasteiger partial charge < -0.3 is 14.4 Å². The van der Waals surface area contributed by atoms with Gasteiger partial charge in [-0.2, -0.15) is 4.31 Å². The summed E-state index contributed by atoms with van der Waals surface area (Å²) in [4.78, 5) is 13.9. The molecule has 0 atom stereocenters. The minimum absolute atomic E-state index is 0.259. The van der Waals surface area contributed by atoms with Gasteiger partial charge in [0.2, 0.25) is 10.0 Å². The van der Waals surface area contributed by atoms with E-state index in [-0.39, 0.29) is 18.0 Å². The van der Waals surface area contributed by atoms with Crippen LogP contribution < -0.4 is 4.74 Å². The van der Waals surface area contributed by atoms with Crippen LogP contribution in [0.4, 0.5) is 4.79 Å². The van der Waals surface area contributed by atoms with E-state index in [0.29, 0.717) is 19.7 Å². The van der Waals surface area contributed by atoms with E-state index in [0.717, 1.165) is 17.7 Å². The van der Waals surface area contributed by atoms with E-state index in [4.69, 9.17) is 9.47 Å². The molecule has 0 bridgehead atoms. The average Bonchev–Trinajstić information content (AvgIpc) is 3.01. The number of benzene rings is 1. The lowest BCUT2D eigenvalue weighted by Crippen LogP contribution is -2.51. The molecule has 1 aromatic carbocycles. The summed E-state index contributed by atoms with van der Waals surface area (Å²) in [6, 6.07) is 4.99. The Morgan fingerprint density at radius 2 is 1.84 bits per heavy atom. The Morgan fingerprint density at radius 1 is 1.16 bits per heavy atom. The van der Waals surface area contributed by atoms with E-state index >= 15 is 0 Å². The van der Waals surface area contributed by atoms with Crippen molar-refractivity contribution >= 4 is 16.1 Å². The van der Waals surface area contributed by atoms with Crippen LogP contribution >= 0.6 is 0 Å². The normalized spacial score (nSPS) is 18.6. The van der Waals surface area contributed by atoms with Crippen molar-refractivity contribution in [1.82, 2.24) is 9.21 Å². The van der Waals surface area contributed by atoms with Gasteiger partial charge >= 0.3 is 6.09 Å². The van der Waals surface area contributed by atoms with E-state index in [1.807, 2.05) is 20.8 Å². The fourth-order valence-electron chi connectivity index (χ4n) is 2.91. The molecular weight excluding hydrogens is 344 g/mol. The van der Waals surface area contributed by atoms with Gasteiger partial charge in [-0.1, -0.05) is 0 Å². The summed E-state index contributed by atoms with van der Waals surface area (Å²) >= 11 is 0. The molecule has 0 aliphatic carbocycles. The molecule has 7 nitrogen and oxygen atoms in total. The second-order valence-corrected chi connectivity index (χ2v) is 9.18. The molecule has 0 spiro atoms. The molecule has 138 valence electrons. The molecule has 2 heterocycles. The zero-order valence-corrected chi connectivity index (χ0v) is 15.6. The molecule has 1 fully saturated rings. The highest BCUT2D eigenvalue weighted by Gasteiger charge is 2.32. The Bertz CT molecular complexity index is 762. The molecule has 2 aliphatic heterocycles. The van der Waals surface area contributed by atoms with Crippen LogP contribution in [0, 0.1) is 0 Å². The van der Waals surface area contributed by atoms with Crippen molar-refractivity contribution in [3.8, 4) is 5.75 Å². The first kappa shape index (κ1) is 18.0. The molecule has 0 N–H and O–H groups in total. The predicted octanol–water partition coefficient (Wildman–Crippen LogP) is 1.86. The first-order valence-corrected chi connectivity index (χ1v) is 9.85. The molecule has 0 aromatic heterocycles. The van der Waals surface area contributed by atoms with E-state index in [2.05, 4.69) is 0 Å².